The van der Waals surface area contributed by atoms with Gasteiger partial charge in [0.2, 0.25) is 5.91 Å². The monoisotopic (exact) mass is 405 g/mol. The largest absolute Gasteiger partial charge is 0.490 e. The van der Waals surface area contributed by atoms with Crippen molar-refractivity contribution in [1.82, 2.24) is 24.9 Å². The van der Waals surface area contributed by atoms with E-state index in [1.165, 1.54) is 26.8 Å². The van der Waals surface area contributed by atoms with Crippen molar-refractivity contribution in [3.05, 3.63) is 30.1 Å². The Morgan fingerprint density at radius 2 is 1.93 bits per heavy atom. The molecule has 2 atom stereocenters. The fourth-order valence-corrected chi connectivity index (χ4v) is 4.14. The van der Waals surface area contributed by atoms with Gasteiger partial charge >= 0.3 is 12.1 Å². The molecule has 9 nitrogen and oxygen atoms in total. The highest BCUT2D eigenvalue weighted by Crippen LogP contribution is 2.27. The van der Waals surface area contributed by atoms with Gasteiger partial charge in [0.15, 0.2) is 0 Å². The van der Waals surface area contributed by atoms with Crippen molar-refractivity contribution in [2.24, 2.45) is 0 Å². The maximum Gasteiger partial charge on any atom is 0.323 e. The summed E-state index contributed by atoms with van der Waals surface area (Å²) < 4.78 is 19.1. The molecule has 1 aromatic rings. The molecule has 3 heterocycles. The maximum absolute atomic E-state index is 13.3. The Bertz CT molecular complexity index is 829. The molecule has 1 aromatic carbocycles. The number of halogens is 1. The van der Waals surface area contributed by atoms with Gasteiger partial charge < -0.3 is 24.8 Å². The van der Waals surface area contributed by atoms with E-state index in [4.69, 9.17) is 4.74 Å². The summed E-state index contributed by atoms with van der Waals surface area (Å²) in [6, 6.07) is 5.45. The van der Waals surface area contributed by atoms with Gasteiger partial charge in [0, 0.05) is 46.1 Å². The van der Waals surface area contributed by atoms with Gasteiger partial charge in [-0.1, -0.05) is 6.07 Å². The van der Waals surface area contributed by atoms with Crippen LogP contribution in [0.3, 0.4) is 0 Å². The van der Waals surface area contributed by atoms with Crippen molar-refractivity contribution in [1.29, 1.82) is 0 Å². The van der Waals surface area contributed by atoms with Gasteiger partial charge in [-0.3, -0.25) is 9.69 Å². The van der Waals surface area contributed by atoms with Gasteiger partial charge in [-0.05, 0) is 12.1 Å². The molecule has 156 valence electrons. The van der Waals surface area contributed by atoms with E-state index in [2.05, 4.69) is 5.32 Å². The molecule has 3 fully saturated rings. The summed E-state index contributed by atoms with van der Waals surface area (Å²) in [5.74, 6) is -0.0358. The molecule has 0 spiro atoms. The lowest BCUT2D eigenvalue weighted by Crippen LogP contribution is -2.51. The van der Waals surface area contributed by atoms with Crippen LogP contribution < -0.4 is 10.1 Å². The molecule has 0 aliphatic carbocycles. The molecule has 0 bridgehead atoms. The Hall–Kier alpha value is -3.04. The second kappa shape index (κ2) is 7.41. The standard InChI is InChI=1S/C19H24FN5O4/c1-22-16-17(23(2)19(22)28)25(18(27)21-16)11-15(26)24-8-6-13(7-9-24)29-14-5-3-4-12(20)10-14/h3-5,10,13,16-17H,6-9,11H2,1-2H3,(H,21,27)/t16-,17-/m0/s1. The number of ether oxygens (including phenoxy) is 1. The Balaban J connectivity index is 1.32. The second-order valence-corrected chi connectivity index (χ2v) is 7.60. The van der Waals surface area contributed by atoms with Crippen LogP contribution in [0.2, 0.25) is 0 Å². The van der Waals surface area contributed by atoms with Crippen molar-refractivity contribution in [2.45, 2.75) is 31.3 Å². The zero-order valence-electron chi connectivity index (χ0n) is 16.4. The average Bonchev–Trinajstić information content (AvgIpc) is 3.12. The van der Waals surface area contributed by atoms with E-state index < -0.39 is 12.3 Å². The second-order valence-electron chi connectivity index (χ2n) is 7.60. The SMILES string of the molecule is CN1C(=O)N(C)[C@@H]2[C@H]1NC(=O)N2CC(=O)N1CCC(Oc2cccc(F)c2)CC1. The van der Waals surface area contributed by atoms with Crippen LogP contribution in [0, 0.1) is 5.82 Å². The fourth-order valence-electron chi connectivity index (χ4n) is 4.14. The molecule has 5 amide bonds. The minimum Gasteiger partial charge on any atom is -0.490 e. The molecule has 0 radical (unpaired) electrons. The molecule has 0 unspecified atom stereocenters. The zero-order chi connectivity index (χ0) is 20.7. The Kier molecular flexibility index (Phi) is 4.93. The van der Waals surface area contributed by atoms with Gasteiger partial charge in [0.05, 0.1) is 0 Å². The van der Waals surface area contributed by atoms with Crippen LogP contribution >= 0.6 is 0 Å². The predicted octanol–water partition coefficient (Wildman–Crippen LogP) is 0.870. The molecular formula is C19H24FN5O4. The number of hydrogen-bond acceptors (Lipinski definition) is 4. The molecule has 0 saturated carbocycles. The number of nitrogens with one attached hydrogen (secondary N) is 1. The highest BCUT2D eigenvalue weighted by molar-refractivity contribution is 5.88. The molecule has 10 heteroatoms. The zero-order valence-corrected chi connectivity index (χ0v) is 16.4. The minimum atomic E-state index is -0.502. The molecule has 3 aliphatic rings. The fraction of sp³-hybridized carbons (Fsp3) is 0.526. The van der Waals surface area contributed by atoms with Gasteiger partial charge in [-0.2, -0.15) is 0 Å². The van der Waals surface area contributed by atoms with E-state index in [1.54, 1.807) is 31.1 Å². The summed E-state index contributed by atoms with van der Waals surface area (Å²) >= 11 is 0. The van der Waals surface area contributed by atoms with E-state index >= 15 is 0 Å². The average molecular weight is 405 g/mol. The number of urea groups is 2. The number of benzene rings is 1. The lowest BCUT2D eigenvalue weighted by Gasteiger charge is -2.34. The number of nitrogens with zero attached hydrogens (tertiary/aromatic N) is 4. The Morgan fingerprint density at radius 3 is 2.62 bits per heavy atom. The summed E-state index contributed by atoms with van der Waals surface area (Å²) in [5, 5.41) is 2.75. The van der Waals surface area contributed by atoms with Crippen LogP contribution in [0.15, 0.2) is 24.3 Å². The normalized spacial score (nSPS) is 24.8. The third-order valence-electron chi connectivity index (χ3n) is 5.75. The number of amides is 5. The molecular weight excluding hydrogens is 381 g/mol. The van der Waals surface area contributed by atoms with Crippen LogP contribution in [-0.4, -0.2) is 89.7 Å². The first-order valence-corrected chi connectivity index (χ1v) is 9.62. The van der Waals surface area contributed by atoms with Crippen molar-refractivity contribution >= 4 is 18.0 Å². The summed E-state index contributed by atoms with van der Waals surface area (Å²) in [7, 11) is 3.25. The van der Waals surface area contributed by atoms with Gasteiger partial charge in [-0.15, -0.1) is 0 Å². The number of rotatable bonds is 4. The number of carbonyl (C=O) groups is 3. The third kappa shape index (κ3) is 3.54. The molecule has 29 heavy (non-hydrogen) atoms. The summed E-state index contributed by atoms with van der Waals surface area (Å²) in [5.41, 5.74) is 0. The first-order valence-electron chi connectivity index (χ1n) is 9.62. The Morgan fingerprint density at radius 1 is 1.21 bits per heavy atom. The van der Waals surface area contributed by atoms with Crippen molar-refractivity contribution in [3.8, 4) is 5.75 Å². The quantitative estimate of drug-likeness (QED) is 0.806. The summed E-state index contributed by atoms with van der Waals surface area (Å²) in [6.07, 6.45) is 0.201. The van der Waals surface area contributed by atoms with Crippen LogP contribution in [-0.2, 0) is 4.79 Å². The highest BCUT2D eigenvalue weighted by Gasteiger charge is 2.53. The van der Waals surface area contributed by atoms with Crippen molar-refractivity contribution in [3.63, 3.8) is 0 Å². The number of piperidine rings is 1. The van der Waals surface area contributed by atoms with Crippen LogP contribution in [0.25, 0.3) is 0 Å². The number of hydrogen-bond donors (Lipinski definition) is 1. The van der Waals surface area contributed by atoms with Crippen LogP contribution in [0.4, 0.5) is 14.0 Å². The van der Waals surface area contributed by atoms with E-state index in [9.17, 15) is 18.8 Å². The first kappa shape index (κ1) is 19.3. The highest BCUT2D eigenvalue weighted by atomic mass is 19.1. The van der Waals surface area contributed by atoms with Gasteiger partial charge in [0.1, 0.15) is 36.5 Å². The lowest BCUT2D eigenvalue weighted by molar-refractivity contribution is -0.134. The molecule has 0 aromatic heterocycles. The summed E-state index contributed by atoms with van der Waals surface area (Å²) in [4.78, 5) is 43.2. The number of likely N-dealkylation sites (N-methyl/N-ethyl adjacent to an activating group) is 2. The van der Waals surface area contributed by atoms with Crippen LogP contribution in [0.1, 0.15) is 12.8 Å². The van der Waals surface area contributed by atoms with E-state index in [1.807, 2.05) is 0 Å². The number of fused-ring (bicyclic) bond motifs is 1. The molecule has 3 aliphatic heterocycles. The minimum absolute atomic E-state index is 0.0894. The number of likely N-dealkylation sites (tertiary alicyclic amines) is 1. The van der Waals surface area contributed by atoms with E-state index in [0.29, 0.717) is 31.7 Å². The van der Waals surface area contributed by atoms with Crippen LogP contribution in [0.5, 0.6) is 5.75 Å². The van der Waals surface area contributed by atoms with Gasteiger partial charge in [0.25, 0.3) is 0 Å². The lowest BCUT2D eigenvalue weighted by atomic mass is 10.1. The molecule has 3 saturated heterocycles. The molecule has 1 N–H and O–H groups in total. The predicted molar refractivity (Wildman–Crippen MR) is 100 cm³/mol. The Labute approximate surface area is 168 Å². The van der Waals surface area contributed by atoms with Crippen molar-refractivity contribution < 1.29 is 23.5 Å². The first-order chi connectivity index (χ1) is 13.8. The maximum atomic E-state index is 13.3. The van der Waals surface area contributed by atoms with E-state index in [0.717, 1.165) is 0 Å². The number of carbonyl (C=O) groups excluding carboxylic acids is 3. The third-order valence-corrected chi connectivity index (χ3v) is 5.75. The van der Waals surface area contributed by atoms with Crippen molar-refractivity contribution in [2.75, 3.05) is 33.7 Å². The molecule has 4 rings (SSSR count). The summed E-state index contributed by atoms with van der Waals surface area (Å²) in [6.45, 7) is 0.905. The van der Waals surface area contributed by atoms with Gasteiger partial charge in [-0.25, -0.2) is 14.0 Å². The smallest absolute Gasteiger partial charge is 0.323 e. The topological polar surface area (TPSA) is 85.4 Å². The van der Waals surface area contributed by atoms with E-state index in [-0.39, 0.29) is 36.4 Å².